The molecule has 0 aliphatic rings. The molecule has 1 atom stereocenters. The Morgan fingerprint density at radius 3 is 2.81 bits per heavy atom. The van der Waals surface area contributed by atoms with Gasteiger partial charge in [-0.05, 0) is 31.2 Å². The zero-order valence-corrected chi connectivity index (χ0v) is 11.7. The molecule has 1 aromatic carbocycles. The van der Waals surface area contributed by atoms with Crippen molar-refractivity contribution in [3.05, 3.63) is 48.0 Å². The number of benzene rings is 1. The van der Waals surface area contributed by atoms with Gasteiger partial charge in [0, 0.05) is 18.8 Å². The fraction of sp³-hybridized carbons (Fsp3) is 0.214. The highest BCUT2D eigenvalue weighted by Gasteiger charge is 2.20. The van der Waals surface area contributed by atoms with Gasteiger partial charge in [-0.25, -0.2) is 9.97 Å². The van der Waals surface area contributed by atoms with Gasteiger partial charge in [-0.1, -0.05) is 0 Å². The predicted octanol–water partition coefficient (Wildman–Crippen LogP) is 1.58. The summed E-state index contributed by atoms with van der Waals surface area (Å²) in [6, 6.07) is 6.90. The number of nitrogens with one attached hydrogen (secondary N) is 1. The second kappa shape index (κ2) is 5.28. The Balaban J connectivity index is 1.86. The predicted molar refractivity (Wildman–Crippen MR) is 76.4 cm³/mol. The molecular formula is C14H14N6O. The third kappa shape index (κ3) is 2.45. The van der Waals surface area contributed by atoms with Crippen LogP contribution in [0.2, 0.25) is 0 Å². The van der Waals surface area contributed by atoms with Gasteiger partial charge in [0.15, 0.2) is 0 Å². The number of aromatic amines is 1. The van der Waals surface area contributed by atoms with E-state index in [1.807, 2.05) is 6.92 Å². The molecule has 0 aliphatic heterocycles. The van der Waals surface area contributed by atoms with E-state index < -0.39 is 0 Å². The third-order valence-electron chi connectivity index (χ3n) is 3.50. The van der Waals surface area contributed by atoms with Crippen molar-refractivity contribution in [3.63, 3.8) is 0 Å². The summed E-state index contributed by atoms with van der Waals surface area (Å²) in [6.07, 6.45) is 3.14. The molecule has 2 aromatic heterocycles. The van der Waals surface area contributed by atoms with Gasteiger partial charge < -0.3 is 4.90 Å². The molecule has 0 aliphatic carbocycles. The van der Waals surface area contributed by atoms with Crippen LogP contribution < -0.4 is 0 Å². The van der Waals surface area contributed by atoms with E-state index in [1.165, 1.54) is 6.33 Å². The molecule has 0 radical (unpaired) electrons. The highest BCUT2D eigenvalue weighted by atomic mass is 16.2. The molecule has 3 rings (SSSR count). The van der Waals surface area contributed by atoms with Gasteiger partial charge in [-0.2, -0.15) is 15.4 Å². The second-order valence-corrected chi connectivity index (χ2v) is 4.75. The molecule has 0 saturated carbocycles. The zero-order valence-electron chi connectivity index (χ0n) is 11.7. The van der Waals surface area contributed by atoms with E-state index in [0.717, 1.165) is 11.2 Å². The molecule has 2 heterocycles. The van der Waals surface area contributed by atoms with Crippen molar-refractivity contribution in [1.82, 2.24) is 30.3 Å². The zero-order chi connectivity index (χ0) is 14.8. The molecule has 0 spiro atoms. The first-order valence-electron chi connectivity index (χ1n) is 6.50. The summed E-state index contributed by atoms with van der Waals surface area (Å²) in [5.74, 6) is -0.0917. The average molecular weight is 282 g/mol. The number of aromatic nitrogens is 5. The molecule has 1 N–H and O–H groups in total. The number of nitrogens with zero attached hydrogens (tertiary/aromatic N) is 5. The Morgan fingerprint density at radius 1 is 1.24 bits per heavy atom. The summed E-state index contributed by atoms with van der Waals surface area (Å²) in [6.45, 7) is 1.93. The minimum absolute atomic E-state index is 0.0917. The highest BCUT2D eigenvalue weighted by Crippen LogP contribution is 2.19. The summed E-state index contributed by atoms with van der Waals surface area (Å²) in [4.78, 5) is 22.3. The third-order valence-corrected chi connectivity index (χ3v) is 3.50. The first-order chi connectivity index (χ1) is 10.2. The number of carbonyl (C=O) groups is 1. The average Bonchev–Trinajstić information content (AvgIpc) is 3.01. The first-order valence-corrected chi connectivity index (χ1v) is 6.50. The lowest BCUT2D eigenvalue weighted by Crippen LogP contribution is -2.30. The van der Waals surface area contributed by atoms with E-state index in [0.29, 0.717) is 11.1 Å². The van der Waals surface area contributed by atoms with Gasteiger partial charge in [0.05, 0.1) is 11.7 Å². The molecule has 0 unspecified atom stereocenters. The Kier molecular flexibility index (Phi) is 3.31. The van der Waals surface area contributed by atoms with E-state index in [9.17, 15) is 4.79 Å². The minimum Gasteiger partial charge on any atom is -0.333 e. The van der Waals surface area contributed by atoms with Crippen molar-refractivity contribution in [1.29, 1.82) is 0 Å². The fourth-order valence-corrected chi connectivity index (χ4v) is 2.10. The van der Waals surface area contributed by atoms with Crippen LogP contribution in [-0.2, 0) is 0 Å². The van der Waals surface area contributed by atoms with Crippen LogP contribution in [-0.4, -0.2) is 43.2 Å². The van der Waals surface area contributed by atoms with E-state index in [2.05, 4.69) is 25.4 Å². The van der Waals surface area contributed by atoms with E-state index in [4.69, 9.17) is 0 Å². The monoisotopic (exact) mass is 282 g/mol. The van der Waals surface area contributed by atoms with Crippen LogP contribution in [0.5, 0.6) is 0 Å². The summed E-state index contributed by atoms with van der Waals surface area (Å²) in [7, 11) is 1.75. The number of amides is 1. The smallest absolute Gasteiger partial charge is 0.254 e. The van der Waals surface area contributed by atoms with E-state index in [1.54, 1.807) is 42.4 Å². The van der Waals surface area contributed by atoms with Gasteiger partial charge in [0.2, 0.25) is 0 Å². The number of hydrogen-bond donors (Lipinski definition) is 1. The molecule has 0 saturated heterocycles. The molecule has 0 bridgehead atoms. The molecule has 0 fully saturated rings. The minimum atomic E-state index is -0.145. The lowest BCUT2D eigenvalue weighted by Gasteiger charge is -2.24. The Labute approximate surface area is 121 Å². The van der Waals surface area contributed by atoms with Crippen molar-refractivity contribution in [2.24, 2.45) is 0 Å². The maximum Gasteiger partial charge on any atom is 0.254 e. The molecule has 7 nitrogen and oxygen atoms in total. The summed E-state index contributed by atoms with van der Waals surface area (Å²) in [5.41, 5.74) is 2.77. The topological polar surface area (TPSA) is 87.7 Å². The van der Waals surface area contributed by atoms with Crippen molar-refractivity contribution < 1.29 is 4.79 Å². The first kappa shape index (κ1) is 13.2. The summed E-state index contributed by atoms with van der Waals surface area (Å²) < 4.78 is 0. The largest absolute Gasteiger partial charge is 0.333 e. The lowest BCUT2D eigenvalue weighted by molar-refractivity contribution is 0.0740. The van der Waals surface area contributed by atoms with Crippen LogP contribution in [0.25, 0.3) is 11.0 Å². The number of fused-ring (bicyclic) bond motifs is 1. The van der Waals surface area contributed by atoms with E-state index >= 15 is 0 Å². The maximum atomic E-state index is 12.5. The van der Waals surface area contributed by atoms with Crippen LogP contribution in [0.15, 0.2) is 36.8 Å². The number of H-pyrrole nitrogens is 1. The van der Waals surface area contributed by atoms with Gasteiger partial charge in [0.25, 0.3) is 5.91 Å². The summed E-state index contributed by atoms with van der Waals surface area (Å²) >= 11 is 0. The fourth-order valence-electron chi connectivity index (χ4n) is 2.10. The summed E-state index contributed by atoms with van der Waals surface area (Å²) in [5, 5.41) is 10.5. The van der Waals surface area contributed by atoms with Gasteiger partial charge in [-0.3, -0.25) is 4.79 Å². The van der Waals surface area contributed by atoms with Gasteiger partial charge in [0.1, 0.15) is 17.4 Å². The Bertz CT molecular complexity index is 769. The molecule has 7 heteroatoms. The molecule has 106 valence electrons. The van der Waals surface area contributed by atoms with Gasteiger partial charge >= 0.3 is 0 Å². The number of hydrogen-bond acceptors (Lipinski definition) is 5. The standard InChI is InChI=1S/C14H14N6O/c1-9(11-5-6-15-8-16-11)20(2)14(21)10-3-4-12-13(7-10)18-19-17-12/h3-9H,1-2H3,(H,17,18,19)/t9-/m0/s1. The van der Waals surface area contributed by atoms with Crippen molar-refractivity contribution in [2.45, 2.75) is 13.0 Å². The van der Waals surface area contributed by atoms with Crippen molar-refractivity contribution in [2.75, 3.05) is 7.05 Å². The quantitative estimate of drug-likeness (QED) is 0.788. The number of rotatable bonds is 3. The lowest BCUT2D eigenvalue weighted by atomic mass is 10.1. The molecular weight excluding hydrogens is 268 g/mol. The van der Waals surface area contributed by atoms with Crippen LogP contribution in [0.3, 0.4) is 0 Å². The van der Waals surface area contributed by atoms with Crippen LogP contribution >= 0.6 is 0 Å². The van der Waals surface area contributed by atoms with Crippen molar-refractivity contribution in [3.8, 4) is 0 Å². The maximum absolute atomic E-state index is 12.5. The van der Waals surface area contributed by atoms with Crippen LogP contribution in [0, 0.1) is 0 Å². The molecule has 3 aromatic rings. The molecule has 21 heavy (non-hydrogen) atoms. The van der Waals surface area contributed by atoms with Crippen LogP contribution in [0.1, 0.15) is 29.0 Å². The molecule has 1 amide bonds. The Hall–Kier alpha value is -2.83. The Morgan fingerprint density at radius 2 is 2.05 bits per heavy atom. The second-order valence-electron chi connectivity index (χ2n) is 4.75. The van der Waals surface area contributed by atoms with Crippen LogP contribution in [0.4, 0.5) is 0 Å². The SMILES string of the molecule is C[C@@H](c1ccncn1)N(C)C(=O)c1ccc2n[nH]nc2c1. The van der Waals surface area contributed by atoms with Crippen molar-refractivity contribution >= 4 is 16.9 Å². The number of carbonyl (C=O) groups excluding carboxylic acids is 1. The van der Waals surface area contributed by atoms with Gasteiger partial charge in [-0.15, -0.1) is 0 Å². The highest BCUT2D eigenvalue weighted by molar-refractivity contribution is 5.97. The normalized spacial score (nSPS) is 12.3. The van der Waals surface area contributed by atoms with E-state index in [-0.39, 0.29) is 11.9 Å².